The molecule has 2 aliphatic rings. The third-order valence-corrected chi connectivity index (χ3v) is 5.78. The van der Waals surface area contributed by atoms with E-state index in [-0.39, 0.29) is 17.8 Å². The van der Waals surface area contributed by atoms with Gasteiger partial charge in [0.1, 0.15) is 29.2 Å². The van der Waals surface area contributed by atoms with Crippen molar-refractivity contribution in [1.82, 2.24) is 19.7 Å². The lowest BCUT2D eigenvalue weighted by Gasteiger charge is -2.36. The quantitative estimate of drug-likeness (QED) is 0.675. The zero-order valence-corrected chi connectivity index (χ0v) is 17.4. The number of morpholine rings is 1. The summed E-state index contributed by atoms with van der Waals surface area (Å²) in [7, 11) is 1.96. The number of nitrogens with zero attached hydrogens (tertiary/aromatic N) is 5. The highest BCUT2D eigenvalue weighted by Crippen LogP contribution is 2.40. The molecule has 2 fully saturated rings. The van der Waals surface area contributed by atoms with E-state index in [0.29, 0.717) is 0 Å². The summed E-state index contributed by atoms with van der Waals surface area (Å²) in [5.74, 6) is 1.80. The number of ether oxygens (including phenoxy) is 2. The summed E-state index contributed by atoms with van der Waals surface area (Å²) in [6, 6.07) is 8.21. The number of aryl methyl sites for hydroxylation is 1. The van der Waals surface area contributed by atoms with Crippen molar-refractivity contribution >= 4 is 16.7 Å². The molecule has 0 radical (unpaired) electrons. The summed E-state index contributed by atoms with van der Waals surface area (Å²) >= 11 is 0. The maximum atomic E-state index is 6.17. The molecule has 3 heterocycles. The van der Waals surface area contributed by atoms with Gasteiger partial charge in [-0.1, -0.05) is 0 Å². The first kappa shape index (κ1) is 18.4. The topological polar surface area (TPSA) is 65.3 Å². The fraction of sp³-hybridized carbons (Fsp3) is 0.500. The van der Waals surface area contributed by atoms with Crippen LogP contribution in [0.1, 0.15) is 33.6 Å². The summed E-state index contributed by atoms with van der Waals surface area (Å²) in [5, 5.41) is 5.80. The minimum absolute atomic E-state index is 0.0120. The summed E-state index contributed by atoms with van der Waals surface area (Å²) in [6.45, 7) is 7.99. The zero-order valence-electron chi connectivity index (χ0n) is 17.4. The van der Waals surface area contributed by atoms with Crippen LogP contribution in [0.25, 0.3) is 22.3 Å². The van der Waals surface area contributed by atoms with Crippen LogP contribution in [0.5, 0.6) is 5.75 Å². The Morgan fingerprint density at radius 3 is 2.59 bits per heavy atom. The summed E-state index contributed by atoms with van der Waals surface area (Å²) < 4.78 is 13.9. The predicted molar refractivity (Wildman–Crippen MR) is 112 cm³/mol. The minimum atomic E-state index is -0.0120. The van der Waals surface area contributed by atoms with Gasteiger partial charge in [0.2, 0.25) is 0 Å². The van der Waals surface area contributed by atoms with Gasteiger partial charge in [0.15, 0.2) is 0 Å². The number of hydrogen-bond donors (Lipinski definition) is 0. The molecule has 7 heteroatoms. The van der Waals surface area contributed by atoms with Gasteiger partial charge in [-0.15, -0.1) is 0 Å². The van der Waals surface area contributed by atoms with Crippen LogP contribution in [0.15, 0.2) is 30.6 Å². The molecule has 0 spiro atoms. The highest BCUT2D eigenvalue weighted by atomic mass is 16.5. The Kier molecular flexibility index (Phi) is 4.24. The van der Waals surface area contributed by atoms with Gasteiger partial charge in [-0.3, -0.25) is 4.68 Å². The van der Waals surface area contributed by atoms with E-state index in [1.54, 1.807) is 6.33 Å². The monoisotopic (exact) mass is 393 g/mol. The molecule has 2 atom stereocenters. The van der Waals surface area contributed by atoms with Gasteiger partial charge in [0.25, 0.3) is 0 Å². The lowest BCUT2D eigenvalue weighted by Crippen LogP contribution is -2.45. The van der Waals surface area contributed by atoms with E-state index in [4.69, 9.17) is 14.6 Å². The number of hydrogen-bond acceptors (Lipinski definition) is 6. The van der Waals surface area contributed by atoms with Crippen LogP contribution in [0.3, 0.4) is 0 Å². The average molecular weight is 393 g/mol. The van der Waals surface area contributed by atoms with E-state index in [9.17, 15) is 0 Å². The molecular weight excluding hydrogens is 366 g/mol. The van der Waals surface area contributed by atoms with Gasteiger partial charge in [0, 0.05) is 31.6 Å². The maximum absolute atomic E-state index is 6.17. The van der Waals surface area contributed by atoms with Crippen molar-refractivity contribution in [2.45, 2.75) is 51.4 Å². The van der Waals surface area contributed by atoms with E-state index in [1.807, 2.05) is 23.9 Å². The van der Waals surface area contributed by atoms with Gasteiger partial charge in [-0.05, 0) is 51.8 Å². The Morgan fingerprint density at radius 2 is 1.86 bits per heavy atom. The Bertz CT molecular complexity index is 1050. The number of benzene rings is 1. The van der Waals surface area contributed by atoms with Crippen molar-refractivity contribution in [2.75, 3.05) is 18.0 Å². The number of aromatic nitrogens is 4. The number of fused-ring (bicyclic) bond motifs is 1. The first-order chi connectivity index (χ1) is 13.9. The van der Waals surface area contributed by atoms with Gasteiger partial charge < -0.3 is 14.4 Å². The normalized spacial score (nSPS) is 23.4. The largest absolute Gasteiger partial charge is 0.488 e. The molecule has 1 saturated carbocycles. The van der Waals surface area contributed by atoms with Crippen molar-refractivity contribution in [3.63, 3.8) is 0 Å². The molecule has 152 valence electrons. The van der Waals surface area contributed by atoms with E-state index in [0.717, 1.165) is 59.8 Å². The van der Waals surface area contributed by atoms with E-state index < -0.39 is 0 Å². The number of anilines is 1. The maximum Gasteiger partial charge on any atom is 0.132 e. The molecule has 0 unspecified atom stereocenters. The molecule has 0 bridgehead atoms. The highest BCUT2D eigenvalue weighted by molar-refractivity contribution is 5.93. The van der Waals surface area contributed by atoms with Gasteiger partial charge in [-0.25, -0.2) is 9.97 Å². The van der Waals surface area contributed by atoms with Gasteiger partial charge in [0.05, 0.1) is 23.4 Å². The van der Waals surface area contributed by atoms with Crippen LogP contribution in [-0.4, -0.2) is 50.6 Å². The first-order valence-electron chi connectivity index (χ1n) is 10.3. The third-order valence-electron chi connectivity index (χ3n) is 5.78. The van der Waals surface area contributed by atoms with Crippen molar-refractivity contribution in [3.05, 3.63) is 30.6 Å². The Morgan fingerprint density at radius 1 is 1.10 bits per heavy atom. The molecule has 1 aliphatic heterocycles. The molecule has 5 rings (SSSR count). The second kappa shape index (κ2) is 6.69. The summed E-state index contributed by atoms with van der Waals surface area (Å²) in [5.41, 5.74) is 2.72. The molecule has 1 aromatic carbocycles. The Hall–Kier alpha value is -2.67. The molecule has 2 aromatic heterocycles. The molecule has 0 amide bonds. The predicted octanol–water partition coefficient (Wildman–Crippen LogP) is 3.58. The Labute approximate surface area is 170 Å². The minimum Gasteiger partial charge on any atom is -0.488 e. The van der Waals surface area contributed by atoms with Crippen molar-refractivity contribution in [2.24, 2.45) is 7.05 Å². The zero-order chi connectivity index (χ0) is 20.2. The molecule has 29 heavy (non-hydrogen) atoms. The lowest BCUT2D eigenvalue weighted by molar-refractivity contribution is -0.00546. The smallest absolute Gasteiger partial charge is 0.132 e. The molecule has 1 aliphatic carbocycles. The highest BCUT2D eigenvalue weighted by Gasteiger charge is 2.40. The van der Waals surface area contributed by atoms with Crippen molar-refractivity contribution in [3.8, 4) is 17.1 Å². The lowest BCUT2D eigenvalue weighted by atomic mass is 10.1. The van der Waals surface area contributed by atoms with Crippen LogP contribution in [0.2, 0.25) is 0 Å². The van der Waals surface area contributed by atoms with E-state index >= 15 is 0 Å². The second-order valence-corrected chi connectivity index (χ2v) is 8.63. The van der Waals surface area contributed by atoms with Crippen LogP contribution in [0, 0.1) is 0 Å². The molecule has 3 aromatic rings. The third kappa shape index (κ3) is 3.55. The molecule has 0 N–H and O–H groups in total. The van der Waals surface area contributed by atoms with E-state index in [2.05, 4.69) is 47.8 Å². The van der Waals surface area contributed by atoms with Crippen LogP contribution < -0.4 is 9.64 Å². The molecule has 7 nitrogen and oxygen atoms in total. The Balaban J connectivity index is 1.52. The van der Waals surface area contributed by atoms with Crippen LogP contribution in [0.4, 0.5) is 5.82 Å². The molecule has 1 saturated heterocycles. The molecular formula is C22H27N5O2. The van der Waals surface area contributed by atoms with Gasteiger partial charge in [-0.2, -0.15) is 5.10 Å². The fourth-order valence-corrected chi connectivity index (χ4v) is 4.07. The standard InChI is InChI=1S/C22H27N5O2/c1-14-11-27(12-15(2)28-14)20-10-18(23-13-24-20)21-17-9-16(29-22(3)7-8-22)5-6-19(17)26(4)25-21/h5-6,9-10,13-15H,7-8,11-12H2,1-4H3/t14-,15+. The van der Waals surface area contributed by atoms with Gasteiger partial charge >= 0.3 is 0 Å². The fourth-order valence-electron chi connectivity index (χ4n) is 4.07. The summed E-state index contributed by atoms with van der Waals surface area (Å²) in [6.07, 6.45) is 4.20. The van der Waals surface area contributed by atoms with E-state index in [1.165, 1.54) is 0 Å². The second-order valence-electron chi connectivity index (χ2n) is 8.63. The first-order valence-corrected chi connectivity index (χ1v) is 10.3. The van der Waals surface area contributed by atoms with Crippen molar-refractivity contribution < 1.29 is 9.47 Å². The number of rotatable bonds is 4. The summed E-state index contributed by atoms with van der Waals surface area (Å²) in [4.78, 5) is 11.3. The SMILES string of the molecule is C[C@@H]1CN(c2cc(-c3nn(C)c4ccc(OC5(C)CC5)cc34)ncn2)C[C@H](C)O1. The van der Waals surface area contributed by atoms with Crippen LogP contribution >= 0.6 is 0 Å². The van der Waals surface area contributed by atoms with Crippen LogP contribution in [-0.2, 0) is 11.8 Å². The van der Waals surface area contributed by atoms with Crippen molar-refractivity contribution in [1.29, 1.82) is 0 Å². The average Bonchev–Trinajstić information content (AvgIpc) is 3.32.